The van der Waals surface area contributed by atoms with E-state index in [9.17, 15) is 9.50 Å². The number of hydrogen-bond donors (Lipinski definition) is 1. The van der Waals surface area contributed by atoms with Crippen molar-refractivity contribution in [3.8, 4) is 0 Å². The largest absolute Gasteiger partial charge is 0.389 e. The Labute approximate surface area is 90.9 Å². The number of rotatable bonds is 2. The second-order valence-corrected chi connectivity index (χ2v) is 5.33. The van der Waals surface area contributed by atoms with Crippen LogP contribution in [0, 0.1) is 11.2 Å². The van der Waals surface area contributed by atoms with Crippen LogP contribution in [-0.4, -0.2) is 10.7 Å². The van der Waals surface area contributed by atoms with Crippen LogP contribution >= 0.6 is 0 Å². The molecule has 0 aliphatic rings. The minimum absolute atomic E-state index is 0.223. The second-order valence-electron chi connectivity index (χ2n) is 5.33. The van der Waals surface area contributed by atoms with Gasteiger partial charge in [0, 0.05) is 6.42 Å². The summed E-state index contributed by atoms with van der Waals surface area (Å²) in [4.78, 5) is 0. The average Bonchev–Trinajstić information content (AvgIpc) is 2.00. The monoisotopic (exact) mass is 210 g/mol. The van der Waals surface area contributed by atoms with Crippen molar-refractivity contribution < 1.29 is 9.50 Å². The van der Waals surface area contributed by atoms with Crippen LogP contribution in [0.3, 0.4) is 0 Å². The molecule has 0 aromatic heterocycles. The maximum Gasteiger partial charge on any atom is 0.123 e. The van der Waals surface area contributed by atoms with Crippen molar-refractivity contribution in [1.82, 2.24) is 0 Å². The Morgan fingerprint density at radius 2 is 1.80 bits per heavy atom. The third-order valence-corrected chi connectivity index (χ3v) is 3.05. The smallest absolute Gasteiger partial charge is 0.123 e. The highest BCUT2D eigenvalue weighted by atomic mass is 19.1. The minimum atomic E-state index is -0.833. The lowest BCUT2D eigenvalue weighted by Gasteiger charge is -2.37. The normalized spacial score (nSPS) is 16.1. The highest BCUT2D eigenvalue weighted by Crippen LogP contribution is 2.32. The Morgan fingerprint density at radius 1 is 1.20 bits per heavy atom. The molecule has 1 nitrogen and oxygen atoms in total. The molecule has 0 spiro atoms. The highest BCUT2D eigenvalue weighted by molar-refractivity contribution is 5.19. The number of hydrogen-bond acceptors (Lipinski definition) is 1. The van der Waals surface area contributed by atoms with Crippen molar-refractivity contribution in [3.63, 3.8) is 0 Å². The van der Waals surface area contributed by atoms with Gasteiger partial charge in [0.05, 0.1) is 5.60 Å². The number of halogens is 1. The molecule has 1 N–H and O–H groups in total. The summed E-state index contributed by atoms with van der Waals surface area (Å²) in [5, 5.41) is 10.3. The molecule has 0 bridgehead atoms. The van der Waals surface area contributed by atoms with E-state index in [0.717, 1.165) is 5.56 Å². The maximum absolute atomic E-state index is 13.0. The molecule has 1 atom stereocenters. The van der Waals surface area contributed by atoms with Crippen LogP contribution in [0.4, 0.5) is 4.39 Å². The third-order valence-electron chi connectivity index (χ3n) is 3.05. The molecule has 0 fully saturated rings. The van der Waals surface area contributed by atoms with Crippen molar-refractivity contribution in [1.29, 1.82) is 0 Å². The predicted octanol–water partition coefficient (Wildman–Crippen LogP) is 3.17. The molecule has 84 valence electrons. The van der Waals surface area contributed by atoms with Crippen molar-refractivity contribution in [2.45, 2.75) is 39.7 Å². The first-order chi connectivity index (χ1) is 6.72. The molecule has 0 radical (unpaired) electrons. The molecule has 0 amide bonds. The SMILES string of the molecule is CC(C)(C)C(C)(O)Cc1cccc(F)c1. The van der Waals surface area contributed by atoms with Gasteiger partial charge >= 0.3 is 0 Å². The van der Waals surface area contributed by atoms with E-state index in [1.54, 1.807) is 13.0 Å². The fourth-order valence-corrected chi connectivity index (χ4v) is 1.31. The van der Waals surface area contributed by atoms with E-state index in [0.29, 0.717) is 6.42 Å². The van der Waals surface area contributed by atoms with Crippen LogP contribution < -0.4 is 0 Å². The molecule has 1 aromatic carbocycles. The predicted molar refractivity (Wildman–Crippen MR) is 60.2 cm³/mol. The van der Waals surface area contributed by atoms with Crippen LogP contribution in [0.2, 0.25) is 0 Å². The van der Waals surface area contributed by atoms with E-state index in [2.05, 4.69) is 0 Å². The summed E-state index contributed by atoms with van der Waals surface area (Å²) < 4.78 is 13.0. The van der Waals surface area contributed by atoms with Gasteiger partial charge in [-0.25, -0.2) is 4.39 Å². The maximum atomic E-state index is 13.0. The fourth-order valence-electron chi connectivity index (χ4n) is 1.31. The molecule has 1 rings (SSSR count). The fraction of sp³-hybridized carbons (Fsp3) is 0.538. The zero-order chi connectivity index (χ0) is 11.7. The van der Waals surface area contributed by atoms with Gasteiger partial charge in [-0.1, -0.05) is 32.9 Å². The third kappa shape index (κ3) is 3.03. The highest BCUT2D eigenvalue weighted by Gasteiger charge is 2.35. The minimum Gasteiger partial charge on any atom is -0.389 e. The van der Waals surface area contributed by atoms with Crippen LogP contribution in [0.1, 0.15) is 33.3 Å². The van der Waals surface area contributed by atoms with E-state index in [-0.39, 0.29) is 11.2 Å². The van der Waals surface area contributed by atoms with E-state index >= 15 is 0 Å². The van der Waals surface area contributed by atoms with Gasteiger partial charge in [0.15, 0.2) is 0 Å². The van der Waals surface area contributed by atoms with E-state index in [4.69, 9.17) is 0 Å². The Bertz CT molecular complexity index is 337. The van der Waals surface area contributed by atoms with Gasteiger partial charge in [0.1, 0.15) is 5.82 Å². The summed E-state index contributed by atoms with van der Waals surface area (Å²) in [6.45, 7) is 7.72. The molecule has 1 unspecified atom stereocenters. The summed E-state index contributed by atoms with van der Waals surface area (Å²) in [6, 6.07) is 6.39. The zero-order valence-corrected chi connectivity index (χ0v) is 9.84. The number of aliphatic hydroxyl groups is 1. The van der Waals surface area contributed by atoms with Gasteiger partial charge in [0.2, 0.25) is 0 Å². The molecule has 0 saturated heterocycles. The van der Waals surface area contributed by atoms with Crippen LogP contribution in [-0.2, 0) is 6.42 Å². The molecule has 0 aliphatic heterocycles. The number of benzene rings is 1. The van der Waals surface area contributed by atoms with Gasteiger partial charge in [-0.2, -0.15) is 0 Å². The molecule has 1 aromatic rings. The molecule has 0 heterocycles. The Morgan fingerprint density at radius 3 is 2.27 bits per heavy atom. The lowest BCUT2D eigenvalue weighted by atomic mass is 9.74. The molecular weight excluding hydrogens is 191 g/mol. The summed E-state index contributed by atoms with van der Waals surface area (Å²) in [6.07, 6.45) is 0.467. The summed E-state index contributed by atoms with van der Waals surface area (Å²) >= 11 is 0. The average molecular weight is 210 g/mol. The standard InChI is InChI=1S/C13H19FO/c1-12(2,3)13(4,15)9-10-6-5-7-11(14)8-10/h5-8,15H,9H2,1-4H3. The second kappa shape index (κ2) is 3.93. The van der Waals surface area contributed by atoms with Crippen molar-refractivity contribution >= 4 is 0 Å². The van der Waals surface area contributed by atoms with Gasteiger partial charge in [0.25, 0.3) is 0 Å². The Kier molecular flexibility index (Phi) is 3.19. The first kappa shape index (κ1) is 12.2. The quantitative estimate of drug-likeness (QED) is 0.795. The van der Waals surface area contributed by atoms with Crippen LogP contribution in [0.15, 0.2) is 24.3 Å². The first-order valence-corrected chi connectivity index (χ1v) is 5.19. The summed E-state index contributed by atoms with van der Waals surface area (Å²) in [7, 11) is 0. The summed E-state index contributed by atoms with van der Waals surface area (Å²) in [5.74, 6) is -0.253. The van der Waals surface area contributed by atoms with Crippen molar-refractivity contribution in [2.24, 2.45) is 5.41 Å². The Balaban J connectivity index is 2.87. The molecule has 0 saturated carbocycles. The van der Waals surface area contributed by atoms with Gasteiger partial charge in [-0.3, -0.25) is 0 Å². The van der Waals surface area contributed by atoms with Crippen molar-refractivity contribution in [3.05, 3.63) is 35.6 Å². The lowest BCUT2D eigenvalue weighted by molar-refractivity contribution is -0.0405. The molecule has 2 heteroatoms. The first-order valence-electron chi connectivity index (χ1n) is 5.19. The molecule has 15 heavy (non-hydrogen) atoms. The van der Waals surface area contributed by atoms with Crippen LogP contribution in [0.5, 0.6) is 0 Å². The summed E-state index contributed by atoms with van der Waals surface area (Å²) in [5.41, 5.74) is -0.227. The Hall–Kier alpha value is -0.890. The van der Waals surface area contributed by atoms with Gasteiger partial charge in [-0.05, 0) is 30.0 Å². The van der Waals surface area contributed by atoms with E-state index < -0.39 is 5.60 Å². The van der Waals surface area contributed by atoms with Crippen LogP contribution in [0.25, 0.3) is 0 Å². The van der Waals surface area contributed by atoms with Gasteiger partial charge in [-0.15, -0.1) is 0 Å². The van der Waals surface area contributed by atoms with E-state index in [1.807, 2.05) is 26.8 Å². The topological polar surface area (TPSA) is 20.2 Å². The lowest BCUT2D eigenvalue weighted by Crippen LogP contribution is -2.41. The molecular formula is C13H19FO. The van der Waals surface area contributed by atoms with Gasteiger partial charge < -0.3 is 5.11 Å². The van der Waals surface area contributed by atoms with Crippen molar-refractivity contribution in [2.75, 3.05) is 0 Å². The van der Waals surface area contributed by atoms with E-state index in [1.165, 1.54) is 12.1 Å². The zero-order valence-electron chi connectivity index (χ0n) is 9.84. The molecule has 0 aliphatic carbocycles.